The molecular weight excluding hydrogens is 621 g/mol. The number of primary amides is 1. The summed E-state index contributed by atoms with van der Waals surface area (Å²) in [5.74, 6) is -7.80. The number of esters is 1. The van der Waals surface area contributed by atoms with Gasteiger partial charge in [0.25, 0.3) is 0 Å². The van der Waals surface area contributed by atoms with Gasteiger partial charge in [-0.25, -0.2) is 9.59 Å². The van der Waals surface area contributed by atoms with E-state index in [2.05, 4.69) is 21.3 Å². The molecule has 0 unspecified atom stereocenters. The number of ether oxygens (including phenoxy) is 1. The van der Waals surface area contributed by atoms with Gasteiger partial charge >= 0.3 is 18.1 Å². The number of amides is 5. The Morgan fingerprint density at radius 3 is 1.26 bits per heavy atom. The van der Waals surface area contributed by atoms with Gasteiger partial charge in [0.2, 0.25) is 29.5 Å². The van der Waals surface area contributed by atoms with Gasteiger partial charge in [0.1, 0.15) is 36.3 Å². The summed E-state index contributed by atoms with van der Waals surface area (Å²) in [4.78, 5) is 83.5. The predicted octanol–water partition coefficient (Wildman–Crippen LogP) is -0.0529. The fraction of sp³-hybridized carbons (Fsp3) is 0.750. The number of nitrogens with one attached hydrogen (secondary N) is 4. The number of carboxylic acid groups (broad SMARTS) is 1. The number of aliphatic carboxylic acids is 1. The van der Waals surface area contributed by atoms with Gasteiger partial charge in [-0.1, -0.05) is 55.4 Å². The first-order chi connectivity index (χ1) is 20.8. The Hall–Kier alpha value is -3.96. The van der Waals surface area contributed by atoms with Crippen molar-refractivity contribution in [2.75, 3.05) is 0 Å². The first-order valence-corrected chi connectivity index (χ1v) is 14.5. The van der Waals surface area contributed by atoms with Crippen molar-refractivity contribution in [3.8, 4) is 0 Å². The van der Waals surface area contributed by atoms with Crippen LogP contribution in [-0.4, -0.2) is 89.1 Å². The van der Waals surface area contributed by atoms with Crippen LogP contribution in [0.2, 0.25) is 0 Å². The third-order valence-electron chi connectivity index (χ3n) is 6.40. The first-order valence-electron chi connectivity index (χ1n) is 14.5. The lowest BCUT2D eigenvalue weighted by molar-refractivity contribution is -0.192. The van der Waals surface area contributed by atoms with E-state index >= 15 is 0 Å². The molecule has 0 spiro atoms. The molecule has 0 radical (unpaired) electrons. The van der Waals surface area contributed by atoms with E-state index in [0.29, 0.717) is 0 Å². The third-order valence-corrected chi connectivity index (χ3v) is 6.40. The van der Waals surface area contributed by atoms with Crippen molar-refractivity contribution in [2.24, 2.45) is 35.1 Å². The van der Waals surface area contributed by atoms with E-state index in [0.717, 1.165) is 0 Å². The minimum Gasteiger partial charge on any atom is -0.475 e. The molecule has 15 nitrogen and oxygen atoms in total. The number of hydrogen-bond acceptors (Lipinski definition) is 9. The maximum Gasteiger partial charge on any atom is 0.490 e. The topological polar surface area (TPSA) is 249 Å². The molecule has 0 bridgehead atoms. The number of halogens is 3. The van der Waals surface area contributed by atoms with Gasteiger partial charge in [-0.15, -0.1) is 0 Å². The molecule has 266 valence electrons. The summed E-state index contributed by atoms with van der Waals surface area (Å²) in [7, 11) is 0. The largest absolute Gasteiger partial charge is 0.490 e. The Morgan fingerprint density at radius 1 is 0.630 bits per heavy atom. The van der Waals surface area contributed by atoms with E-state index < -0.39 is 78.1 Å². The first kappa shape index (κ1) is 44.2. The number of hydrogen-bond donors (Lipinski definition) is 7. The molecule has 46 heavy (non-hydrogen) atoms. The lowest BCUT2D eigenvalue weighted by Gasteiger charge is -2.29. The highest BCUT2D eigenvalue weighted by Crippen LogP contribution is 2.13. The van der Waals surface area contributed by atoms with Crippen LogP contribution in [0.1, 0.15) is 69.2 Å². The normalized spacial score (nSPS) is 15.3. The highest BCUT2D eigenvalue weighted by molar-refractivity contribution is 5.93. The number of carbonyl (C=O) groups is 7. The quantitative estimate of drug-likeness (QED) is 0.114. The lowest BCUT2D eigenvalue weighted by atomic mass is 9.99. The van der Waals surface area contributed by atoms with E-state index in [-0.39, 0.29) is 29.6 Å². The highest BCUT2D eigenvalue weighted by atomic mass is 19.4. The molecule has 0 aromatic carbocycles. The number of carbonyl (C=O) groups excluding carboxylic acids is 6. The van der Waals surface area contributed by atoms with Crippen molar-refractivity contribution in [2.45, 2.75) is 112 Å². The Bertz CT molecular complexity index is 1080. The Morgan fingerprint density at radius 2 is 0.957 bits per heavy atom. The van der Waals surface area contributed by atoms with Gasteiger partial charge in [-0.05, 0) is 30.6 Å². The van der Waals surface area contributed by atoms with Gasteiger partial charge in [0, 0.05) is 6.92 Å². The van der Waals surface area contributed by atoms with E-state index in [1.165, 1.54) is 13.8 Å². The molecule has 0 fully saturated rings. The zero-order chi connectivity index (χ0) is 36.9. The van der Waals surface area contributed by atoms with Crippen molar-refractivity contribution in [3.05, 3.63) is 0 Å². The summed E-state index contributed by atoms with van der Waals surface area (Å²) in [6, 6.07) is -5.22. The van der Waals surface area contributed by atoms with E-state index in [9.17, 15) is 41.9 Å². The van der Waals surface area contributed by atoms with Crippen LogP contribution in [0, 0.1) is 23.7 Å². The maximum absolute atomic E-state index is 12.9. The molecule has 5 amide bonds. The number of carboxylic acids is 1. The zero-order valence-corrected chi connectivity index (χ0v) is 27.8. The van der Waals surface area contributed by atoms with Crippen LogP contribution in [0.25, 0.3) is 0 Å². The lowest BCUT2D eigenvalue weighted by Crippen LogP contribution is -2.60. The molecule has 0 saturated carbocycles. The monoisotopic (exact) mass is 670 g/mol. The fourth-order valence-corrected chi connectivity index (χ4v) is 3.63. The van der Waals surface area contributed by atoms with Gasteiger partial charge < -0.3 is 42.6 Å². The number of rotatable bonds is 15. The van der Waals surface area contributed by atoms with Crippen LogP contribution >= 0.6 is 0 Å². The average Bonchev–Trinajstić information content (AvgIpc) is 2.89. The summed E-state index contributed by atoms with van der Waals surface area (Å²) >= 11 is 0. The molecule has 6 atom stereocenters. The molecular formula is C28H49F3N6O9. The second kappa shape index (κ2) is 19.5. The van der Waals surface area contributed by atoms with Gasteiger partial charge in [0.05, 0.1) is 0 Å². The molecule has 0 heterocycles. The van der Waals surface area contributed by atoms with Crippen LogP contribution in [0.5, 0.6) is 0 Å². The van der Waals surface area contributed by atoms with E-state index in [1.54, 1.807) is 55.4 Å². The van der Waals surface area contributed by atoms with Crippen LogP contribution < -0.4 is 32.7 Å². The number of nitrogens with two attached hydrogens (primary N) is 2. The molecule has 0 aliphatic carbocycles. The van der Waals surface area contributed by atoms with E-state index in [4.69, 9.17) is 26.1 Å². The van der Waals surface area contributed by atoms with Crippen molar-refractivity contribution in [3.63, 3.8) is 0 Å². The molecule has 0 aromatic heterocycles. The summed E-state index contributed by atoms with van der Waals surface area (Å²) in [5, 5.41) is 17.4. The molecule has 0 rings (SSSR count). The summed E-state index contributed by atoms with van der Waals surface area (Å²) < 4.78 is 37.2. The molecule has 18 heteroatoms. The fourth-order valence-electron chi connectivity index (χ4n) is 3.63. The maximum atomic E-state index is 12.9. The third kappa shape index (κ3) is 15.9. The van der Waals surface area contributed by atoms with Crippen LogP contribution in [0.15, 0.2) is 0 Å². The minimum atomic E-state index is -5.08. The Kier molecular flexibility index (Phi) is 18.8. The Labute approximate surface area is 266 Å². The Balaban J connectivity index is 0. The van der Waals surface area contributed by atoms with Crippen LogP contribution in [0.3, 0.4) is 0 Å². The molecule has 0 aliphatic heterocycles. The highest BCUT2D eigenvalue weighted by Gasteiger charge is 2.38. The molecule has 0 aliphatic rings. The minimum absolute atomic E-state index is 0.237. The summed E-state index contributed by atoms with van der Waals surface area (Å²) in [5.41, 5.74) is 11.4. The molecule has 0 aromatic rings. The predicted molar refractivity (Wildman–Crippen MR) is 159 cm³/mol. The number of alkyl halides is 3. The standard InChI is InChI=1S/C26H48N6O7.C2HF3O2/c1-11(2)18(22(28)34)30-25(37)20(13(5)6)31-23(35)17(27)15(9)39-26(38)21(14(7)8)32-24(36)19(12(3)4)29-16(10)33;3-2(4,5)1(6)7/h11-15,17-21H,27H2,1-10H3,(H2,28,34)(H,29,33)(H,30,37)(H,31,35)(H,32,36);(H,6,7)/t15-,17+,18+,19+,20+,21+;/m1./s1. The van der Waals surface area contributed by atoms with Crippen molar-refractivity contribution in [1.29, 1.82) is 0 Å². The summed E-state index contributed by atoms with van der Waals surface area (Å²) in [6.07, 6.45) is -6.20. The molecule has 9 N–H and O–H groups in total. The van der Waals surface area contributed by atoms with E-state index in [1.807, 2.05) is 0 Å². The second-order valence-corrected chi connectivity index (χ2v) is 12.0. The van der Waals surface area contributed by atoms with Gasteiger partial charge in [0.15, 0.2) is 0 Å². The van der Waals surface area contributed by atoms with Crippen LogP contribution in [0.4, 0.5) is 13.2 Å². The smallest absolute Gasteiger partial charge is 0.475 e. The SMILES string of the molecule is CC(=O)N[C@H](C(=O)N[C@H](C(=O)O[C@H](C)[C@H](N)C(=O)N[C@H](C(=O)N[C@H](C(N)=O)C(C)C)C(C)C)C(C)C)C(C)C.O=C(O)C(F)(F)F. The van der Waals surface area contributed by atoms with Crippen molar-refractivity contribution in [1.82, 2.24) is 21.3 Å². The second-order valence-electron chi connectivity index (χ2n) is 12.0. The van der Waals surface area contributed by atoms with Gasteiger partial charge in [-0.3, -0.25) is 24.0 Å². The van der Waals surface area contributed by atoms with Crippen LogP contribution in [-0.2, 0) is 38.3 Å². The summed E-state index contributed by atoms with van der Waals surface area (Å²) in [6.45, 7) is 16.5. The van der Waals surface area contributed by atoms with Crippen molar-refractivity contribution < 1.29 is 56.6 Å². The average molecular weight is 671 g/mol. The van der Waals surface area contributed by atoms with Gasteiger partial charge in [-0.2, -0.15) is 13.2 Å². The zero-order valence-electron chi connectivity index (χ0n) is 27.8. The van der Waals surface area contributed by atoms with Crippen molar-refractivity contribution >= 4 is 41.5 Å². The molecule has 0 saturated heterocycles.